The average Bonchev–Trinajstić information content (AvgIpc) is 2.54. The normalized spacial score (nSPS) is 11.6. The second-order valence-electron chi connectivity index (χ2n) is 4.52. The van der Waals surface area contributed by atoms with Crippen LogP contribution in [0.4, 0.5) is 0 Å². The Morgan fingerprint density at radius 2 is 1.70 bits per heavy atom. The van der Waals surface area contributed by atoms with Gasteiger partial charge in [-0.15, -0.1) is 0 Å². The maximum Gasteiger partial charge on any atom is 0.287 e. The number of nitrogens with one attached hydrogen (secondary N) is 1. The van der Waals surface area contributed by atoms with Crippen molar-refractivity contribution >= 4 is 34.7 Å². The molecule has 0 aliphatic heterocycles. The minimum Gasteiger partial charge on any atom is -0.306 e. The Kier molecular flexibility index (Phi) is 5.86. The molecule has 2 aromatic carbocycles. The SMILES string of the molecule is O=C(NN(Cl)C(=O)c1ccccc1)c1ccccc1CS(=O)O. The van der Waals surface area contributed by atoms with E-state index in [9.17, 15) is 13.8 Å². The minimum absolute atomic E-state index is 0.168. The molecule has 0 aliphatic rings. The quantitative estimate of drug-likeness (QED) is 0.502. The predicted molar refractivity (Wildman–Crippen MR) is 86.8 cm³/mol. The fourth-order valence-electron chi connectivity index (χ4n) is 1.89. The lowest BCUT2D eigenvalue weighted by atomic mass is 10.1. The first kappa shape index (κ1) is 17.1. The fraction of sp³-hybridized carbons (Fsp3) is 0.0667. The fourth-order valence-corrected chi connectivity index (χ4v) is 2.59. The number of rotatable bonds is 4. The summed E-state index contributed by atoms with van der Waals surface area (Å²) in [7, 11) is 0. The molecule has 2 aromatic rings. The number of carbonyl (C=O) groups is 2. The summed E-state index contributed by atoms with van der Waals surface area (Å²) in [5, 5.41) is 0. The van der Waals surface area contributed by atoms with E-state index in [0.29, 0.717) is 15.7 Å². The van der Waals surface area contributed by atoms with Crippen molar-refractivity contribution in [3.8, 4) is 0 Å². The third kappa shape index (κ3) is 4.62. The molecular formula is C15H13ClN2O4S. The van der Waals surface area contributed by atoms with E-state index in [4.69, 9.17) is 16.3 Å². The molecule has 6 nitrogen and oxygen atoms in total. The van der Waals surface area contributed by atoms with Gasteiger partial charge in [0.2, 0.25) is 0 Å². The Morgan fingerprint density at radius 3 is 2.35 bits per heavy atom. The molecule has 0 spiro atoms. The lowest BCUT2D eigenvalue weighted by Gasteiger charge is -2.16. The summed E-state index contributed by atoms with van der Waals surface area (Å²) >= 11 is 3.72. The van der Waals surface area contributed by atoms with Crippen LogP contribution in [-0.2, 0) is 16.8 Å². The molecule has 0 radical (unpaired) electrons. The van der Waals surface area contributed by atoms with Gasteiger partial charge in [0.1, 0.15) is 0 Å². The van der Waals surface area contributed by atoms with E-state index in [1.54, 1.807) is 48.5 Å². The first-order valence-electron chi connectivity index (χ1n) is 6.50. The van der Waals surface area contributed by atoms with Crippen molar-refractivity contribution in [2.45, 2.75) is 5.75 Å². The van der Waals surface area contributed by atoms with Crippen molar-refractivity contribution in [1.82, 2.24) is 9.95 Å². The Labute approximate surface area is 140 Å². The molecule has 120 valence electrons. The van der Waals surface area contributed by atoms with Crippen molar-refractivity contribution in [3.63, 3.8) is 0 Å². The number of hydrazine groups is 1. The van der Waals surface area contributed by atoms with Crippen LogP contribution in [0.1, 0.15) is 26.3 Å². The monoisotopic (exact) mass is 352 g/mol. The molecule has 0 saturated heterocycles. The smallest absolute Gasteiger partial charge is 0.287 e. The van der Waals surface area contributed by atoms with E-state index in [0.717, 1.165) is 0 Å². The van der Waals surface area contributed by atoms with Gasteiger partial charge in [-0.05, 0) is 23.8 Å². The first-order valence-corrected chi connectivity index (χ1v) is 8.12. The number of carbonyl (C=O) groups excluding carboxylic acids is 2. The van der Waals surface area contributed by atoms with Gasteiger partial charge >= 0.3 is 0 Å². The molecule has 1 atom stereocenters. The number of benzene rings is 2. The van der Waals surface area contributed by atoms with Crippen molar-refractivity contribution < 1.29 is 18.4 Å². The Balaban J connectivity index is 2.13. The van der Waals surface area contributed by atoms with Gasteiger partial charge in [0.25, 0.3) is 11.8 Å². The number of hydrogen-bond acceptors (Lipinski definition) is 3. The zero-order chi connectivity index (χ0) is 16.8. The summed E-state index contributed by atoms with van der Waals surface area (Å²) in [5.74, 6) is -1.44. The summed E-state index contributed by atoms with van der Waals surface area (Å²) in [6.45, 7) is 0. The number of amides is 2. The second kappa shape index (κ2) is 7.87. The van der Waals surface area contributed by atoms with Crippen LogP contribution in [-0.4, -0.2) is 25.1 Å². The van der Waals surface area contributed by atoms with Gasteiger partial charge in [0.15, 0.2) is 11.1 Å². The van der Waals surface area contributed by atoms with Gasteiger partial charge in [-0.2, -0.15) is 4.53 Å². The Hall–Kier alpha value is -2.22. The van der Waals surface area contributed by atoms with E-state index < -0.39 is 22.9 Å². The standard InChI is InChI=1S/C15H13ClN2O4S/c16-18(15(20)11-6-2-1-3-7-11)17-14(19)13-9-5-4-8-12(13)10-23(21)22/h1-9H,10H2,(H,17,19)(H,21,22). The van der Waals surface area contributed by atoms with Crippen LogP contribution in [0.25, 0.3) is 0 Å². The van der Waals surface area contributed by atoms with Gasteiger partial charge in [-0.3, -0.25) is 9.59 Å². The van der Waals surface area contributed by atoms with Gasteiger partial charge < -0.3 is 4.55 Å². The number of halogens is 1. The molecular weight excluding hydrogens is 340 g/mol. The molecule has 8 heteroatoms. The van der Waals surface area contributed by atoms with Crippen molar-refractivity contribution in [3.05, 3.63) is 71.3 Å². The Bertz CT molecular complexity index is 739. The van der Waals surface area contributed by atoms with Gasteiger partial charge in [0.05, 0.1) is 5.75 Å². The highest BCUT2D eigenvalue weighted by molar-refractivity contribution is 7.78. The first-order chi connectivity index (χ1) is 11.0. The third-order valence-corrected chi connectivity index (χ3v) is 3.74. The van der Waals surface area contributed by atoms with E-state index in [1.807, 2.05) is 0 Å². The molecule has 0 bridgehead atoms. The van der Waals surface area contributed by atoms with Crippen LogP contribution in [0.3, 0.4) is 0 Å². The molecule has 2 N–H and O–H groups in total. The van der Waals surface area contributed by atoms with Crippen molar-refractivity contribution in [2.24, 2.45) is 0 Å². The van der Waals surface area contributed by atoms with E-state index in [-0.39, 0.29) is 11.3 Å². The van der Waals surface area contributed by atoms with Gasteiger partial charge in [0, 0.05) is 22.9 Å². The number of nitrogens with zero attached hydrogens (tertiary/aromatic N) is 1. The second-order valence-corrected chi connectivity index (χ2v) is 5.79. The topological polar surface area (TPSA) is 86.7 Å². The highest BCUT2D eigenvalue weighted by Gasteiger charge is 2.19. The summed E-state index contributed by atoms with van der Waals surface area (Å²) in [6, 6.07) is 14.5. The zero-order valence-electron chi connectivity index (χ0n) is 11.8. The summed E-state index contributed by atoms with van der Waals surface area (Å²) in [5.41, 5.74) is 3.10. The van der Waals surface area contributed by atoms with Crippen LogP contribution in [0, 0.1) is 0 Å². The van der Waals surface area contributed by atoms with Crippen LogP contribution in [0.15, 0.2) is 54.6 Å². The lowest BCUT2D eigenvalue weighted by molar-refractivity contribution is 0.0728. The molecule has 1 unspecified atom stereocenters. The highest BCUT2D eigenvalue weighted by atomic mass is 35.5. The maximum absolute atomic E-state index is 12.2. The van der Waals surface area contributed by atoms with Gasteiger partial charge in [-0.1, -0.05) is 36.4 Å². The highest BCUT2D eigenvalue weighted by Crippen LogP contribution is 2.12. The van der Waals surface area contributed by atoms with Crippen LogP contribution < -0.4 is 5.43 Å². The van der Waals surface area contributed by atoms with Crippen LogP contribution >= 0.6 is 11.8 Å². The summed E-state index contributed by atoms with van der Waals surface area (Å²) in [4.78, 5) is 24.3. The van der Waals surface area contributed by atoms with E-state index in [1.165, 1.54) is 6.07 Å². The largest absolute Gasteiger partial charge is 0.306 e. The minimum atomic E-state index is -2.09. The molecule has 2 amide bonds. The predicted octanol–water partition coefficient (Wildman–Crippen LogP) is 2.35. The maximum atomic E-state index is 12.2. The summed E-state index contributed by atoms with van der Waals surface area (Å²) < 4.78 is 20.5. The van der Waals surface area contributed by atoms with Gasteiger partial charge in [-0.25, -0.2) is 9.63 Å². The zero-order valence-corrected chi connectivity index (χ0v) is 13.4. The van der Waals surface area contributed by atoms with Crippen molar-refractivity contribution in [2.75, 3.05) is 0 Å². The van der Waals surface area contributed by atoms with Crippen molar-refractivity contribution in [1.29, 1.82) is 0 Å². The average molecular weight is 353 g/mol. The number of hydrogen-bond donors (Lipinski definition) is 2. The molecule has 2 rings (SSSR count). The van der Waals surface area contributed by atoms with E-state index in [2.05, 4.69) is 5.43 Å². The molecule has 0 fully saturated rings. The van der Waals surface area contributed by atoms with Crippen LogP contribution in [0.2, 0.25) is 0 Å². The lowest BCUT2D eigenvalue weighted by Crippen LogP contribution is -2.40. The molecule has 0 heterocycles. The molecule has 0 saturated carbocycles. The molecule has 23 heavy (non-hydrogen) atoms. The Morgan fingerprint density at radius 1 is 1.09 bits per heavy atom. The summed E-state index contributed by atoms with van der Waals surface area (Å²) in [6.07, 6.45) is 0. The van der Waals surface area contributed by atoms with E-state index >= 15 is 0 Å². The van der Waals surface area contributed by atoms with Crippen LogP contribution in [0.5, 0.6) is 0 Å². The third-order valence-electron chi connectivity index (χ3n) is 2.94. The molecule has 0 aromatic heterocycles. The molecule has 0 aliphatic carbocycles.